The molecule has 106 valence electrons. The molecule has 0 aromatic heterocycles. The number of nitrogens with zero attached hydrogens (tertiary/aromatic N) is 1. The van der Waals surface area contributed by atoms with Crippen LogP contribution in [0.4, 0.5) is 0 Å². The standard InChI is InChI=1S/C15H22BrNO2/c1-4-11(3)14(17-10-12(16)5-2)15(19)8-6-13(18)7-9-15/h5,10-11,19H,2,4,6-9H2,1,3H3/b12-10+,17-14?/t11-/m1/s1. The zero-order chi connectivity index (χ0) is 14.5. The minimum atomic E-state index is -0.936. The molecule has 0 unspecified atom stereocenters. The maximum absolute atomic E-state index is 11.3. The number of aliphatic imine (C=N–C) groups is 1. The van der Waals surface area contributed by atoms with Crippen LogP contribution in [0.3, 0.4) is 0 Å². The summed E-state index contributed by atoms with van der Waals surface area (Å²) in [5.74, 6) is 0.426. The van der Waals surface area contributed by atoms with Gasteiger partial charge in [0.25, 0.3) is 0 Å². The Bertz CT molecular complexity index is 402. The van der Waals surface area contributed by atoms with Crippen LogP contribution in [0.1, 0.15) is 46.0 Å². The summed E-state index contributed by atoms with van der Waals surface area (Å²) in [5, 5.41) is 10.8. The van der Waals surface area contributed by atoms with Crippen molar-refractivity contribution in [1.82, 2.24) is 0 Å². The molecule has 1 aliphatic carbocycles. The van der Waals surface area contributed by atoms with Gasteiger partial charge >= 0.3 is 0 Å². The van der Waals surface area contributed by atoms with Gasteiger partial charge in [0, 0.05) is 23.5 Å². The number of Topliss-reactive ketones (excluding diaryl/α,β-unsaturated/α-hetero) is 1. The topological polar surface area (TPSA) is 49.7 Å². The quantitative estimate of drug-likeness (QED) is 0.617. The minimum Gasteiger partial charge on any atom is -0.384 e. The second-order valence-electron chi connectivity index (χ2n) is 5.11. The molecule has 1 N–H and O–H groups in total. The summed E-state index contributed by atoms with van der Waals surface area (Å²) in [6.07, 6.45) is 6.09. The fraction of sp³-hybridized carbons (Fsp3) is 0.600. The van der Waals surface area contributed by atoms with Crippen molar-refractivity contribution in [3.8, 4) is 0 Å². The maximum atomic E-state index is 11.3. The van der Waals surface area contributed by atoms with E-state index in [1.165, 1.54) is 0 Å². The van der Waals surface area contributed by atoms with Crippen molar-refractivity contribution in [1.29, 1.82) is 0 Å². The lowest BCUT2D eigenvalue weighted by Gasteiger charge is -2.35. The summed E-state index contributed by atoms with van der Waals surface area (Å²) >= 11 is 3.33. The molecule has 0 aromatic carbocycles. The summed E-state index contributed by atoms with van der Waals surface area (Å²) in [6.45, 7) is 7.78. The smallest absolute Gasteiger partial charge is 0.133 e. The number of halogens is 1. The molecular weight excluding hydrogens is 306 g/mol. The number of hydrogen-bond donors (Lipinski definition) is 1. The van der Waals surface area contributed by atoms with Crippen LogP contribution in [0, 0.1) is 5.92 Å². The molecule has 1 atom stereocenters. The third-order valence-corrected chi connectivity index (χ3v) is 4.24. The number of rotatable bonds is 5. The van der Waals surface area contributed by atoms with Crippen LogP contribution in [0.25, 0.3) is 0 Å². The first-order valence-electron chi connectivity index (χ1n) is 6.73. The van der Waals surface area contributed by atoms with Crippen molar-refractivity contribution < 1.29 is 9.90 Å². The molecule has 3 nitrogen and oxygen atoms in total. The van der Waals surface area contributed by atoms with E-state index in [1.54, 1.807) is 12.3 Å². The Morgan fingerprint density at radius 3 is 2.63 bits per heavy atom. The Morgan fingerprint density at radius 2 is 2.16 bits per heavy atom. The Hall–Kier alpha value is -0.740. The zero-order valence-corrected chi connectivity index (χ0v) is 13.2. The molecule has 1 aliphatic rings. The first-order valence-corrected chi connectivity index (χ1v) is 7.52. The van der Waals surface area contributed by atoms with E-state index in [9.17, 15) is 9.90 Å². The second kappa shape index (κ2) is 7.15. The minimum absolute atomic E-state index is 0.194. The fourth-order valence-electron chi connectivity index (χ4n) is 2.28. The maximum Gasteiger partial charge on any atom is 0.133 e. The van der Waals surface area contributed by atoms with E-state index in [0.717, 1.165) is 16.6 Å². The highest BCUT2D eigenvalue weighted by molar-refractivity contribution is 9.11. The largest absolute Gasteiger partial charge is 0.384 e. The van der Waals surface area contributed by atoms with Crippen molar-refractivity contribution in [3.63, 3.8) is 0 Å². The molecule has 4 heteroatoms. The first kappa shape index (κ1) is 16.3. The summed E-state index contributed by atoms with van der Waals surface area (Å²) in [4.78, 5) is 15.8. The zero-order valence-electron chi connectivity index (χ0n) is 11.7. The molecule has 1 saturated carbocycles. The lowest BCUT2D eigenvalue weighted by Crippen LogP contribution is -2.45. The van der Waals surface area contributed by atoms with E-state index in [-0.39, 0.29) is 11.7 Å². The molecule has 19 heavy (non-hydrogen) atoms. The first-order chi connectivity index (χ1) is 8.92. The van der Waals surface area contributed by atoms with E-state index in [1.807, 2.05) is 0 Å². The van der Waals surface area contributed by atoms with Gasteiger partial charge in [0.1, 0.15) is 11.4 Å². The number of carbonyl (C=O) groups excluding carboxylic acids is 1. The van der Waals surface area contributed by atoms with Gasteiger partial charge in [-0.3, -0.25) is 9.79 Å². The van der Waals surface area contributed by atoms with E-state index < -0.39 is 5.60 Å². The SMILES string of the molecule is C=C/C(Br)=C\N=C([C@H](C)CC)C1(O)CCC(=O)CC1. The number of ketones is 1. The van der Waals surface area contributed by atoms with Gasteiger partial charge in [-0.2, -0.15) is 0 Å². The number of carbonyl (C=O) groups is 1. The normalized spacial score (nSPS) is 22.2. The summed E-state index contributed by atoms with van der Waals surface area (Å²) in [5.41, 5.74) is -0.157. The Labute approximate surface area is 123 Å². The van der Waals surface area contributed by atoms with Crippen LogP contribution in [-0.2, 0) is 4.79 Å². The Balaban J connectivity index is 3.03. The van der Waals surface area contributed by atoms with Crippen LogP contribution >= 0.6 is 15.9 Å². The second-order valence-corrected chi connectivity index (χ2v) is 6.03. The molecule has 0 saturated heterocycles. The third kappa shape index (κ3) is 4.39. The molecule has 0 amide bonds. The van der Waals surface area contributed by atoms with Crippen LogP contribution in [0.15, 0.2) is 28.3 Å². The van der Waals surface area contributed by atoms with Gasteiger partial charge in [0.05, 0.1) is 5.71 Å². The van der Waals surface area contributed by atoms with E-state index in [2.05, 4.69) is 41.3 Å². The predicted octanol–water partition coefficient (Wildman–Crippen LogP) is 3.77. The molecule has 0 bridgehead atoms. The monoisotopic (exact) mass is 327 g/mol. The number of allylic oxidation sites excluding steroid dienone is 2. The highest BCUT2D eigenvalue weighted by Crippen LogP contribution is 2.31. The van der Waals surface area contributed by atoms with Gasteiger partial charge in [-0.25, -0.2) is 0 Å². The molecular formula is C15H22BrNO2. The van der Waals surface area contributed by atoms with Crippen molar-refractivity contribution >= 4 is 27.4 Å². The summed E-state index contributed by atoms with van der Waals surface area (Å²) in [6, 6.07) is 0. The molecule has 0 radical (unpaired) electrons. The van der Waals surface area contributed by atoms with Gasteiger partial charge in [-0.1, -0.05) is 26.5 Å². The van der Waals surface area contributed by atoms with Crippen molar-refractivity contribution in [2.45, 2.75) is 51.6 Å². The highest BCUT2D eigenvalue weighted by atomic mass is 79.9. The van der Waals surface area contributed by atoms with E-state index >= 15 is 0 Å². The van der Waals surface area contributed by atoms with Gasteiger partial charge in [0.15, 0.2) is 0 Å². The average Bonchev–Trinajstić information content (AvgIpc) is 2.41. The molecule has 1 fully saturated rings. The van der Waals surface area contributed by atoms with E-state index in [4.69, 9.17) is 0 Å². The Kier molecular flexibility index (Phi) is 6.14. The lowest BCUT2D eigenvalue weighted by molar-refractivity contribution is -0.123. The van der Waals surface area contributed by atoms with E-state index in [0.29, 0.717) is 25.7 Å². The van der Waals surface area contributed by atoms with Crippen LogP contribution in [-0.4, -0.2) is 22.2 Å². The average molecular weight is 328 g/mol. The van der Waals surface area contributed by atoms with Crippen LogP contribution in [0.2, 0.25) is 0 Å². The van der Waals surface area contributed by atoms with Gasteiger partial charge in [-0.15, -0.1) is 0 Å². The highest BCUT2D eigenvalue weighted by Gasteiger charge is 2.38. The molecule has 1 rings (SSSR count). The van der Waals surface area contributed by atoms with Crippen molar-refractivity contribution in [3.05, 3.63) is 23.3 Å². The molecule has 0 aliphatic heterocycles. The third-order valence-electron chi connectivity index (χ3n) is 3.71. The molecule has 0 spiro atoms. The van der Waals surface area contributed by atoms with Gasteiger partial charge in [0.2, 0.25) is 0 Å². The van der Waals surface area contributed by atoms with Crippen molar-refractivity contribution in [2.24, 2.45) is 10.9 Å². The summed E-state index contributed by atoms with van der Waals surface area (Å²) < 4.78 is 0.781. The van der Waals surface area contributed by atoms with Gasteiger partial charge < -0.3 is 5.11 Å². The lowest BCUT2D eigenvalue weighted by atomic mass is 9.76. The Morgan fingerprint density at radius 1 is 1.58 bits per heavy atom. The van der Waals surface area contributed by atoms with Crippen LogP contribution < -0.4 is 0 Å². The number of hydrogen-bond acceptors (Lipinski definition) is 3. The predicted molar refractivity (Wildman–Crippen MR) is 82.5 cm³/mol. The van der Waals surface area contributed by atoms with Gasteiger partial charge in [-0.05, 0) is 41.1 Å². The summed E-state index contributed by atoms with van der Waals surface area (Å²) in [7, 11) is 0. The van der Waals surface area contributed by atoms with Crippen molar-refractivity contribution in [2.75, 3.05) is 0 Å². The number of aliphatic hydroxyl groups is 1. The van der Waals surface area contributed by atoms with Crippen LogP contribution in [0.5, 0.6) is 0 Å². The molecule has 0 heterocycles. The fourth-order valence-corrected chi connectivity index (χ4v) is 2.38. The molecule has 0 aromatic rings.